The molecule has 0 aliphatic heterocycles. The van der Waals surface area contributed by atoms with Gasteiger partial charge in [0.05, 0.1) is 12.2 Å². The van der Waals surface area contributed by atoms with Crippen molar-refractivity contribution in [2.45, 2.75) is 33.4 Å². The Balaban J connectivity index is 1.69. The molecule has 0 amide bonds. The third-order valence-electron chi connectivity index (χ3n) is 3.36. The molecule has 1 atom stereocenters. The van der Waals surface area contributed by atoms with Crippen LogP contribution in [0.2, 0.25) is 0 Å². The van der Waals surface area contributed by atoms with Crippen molar-refractivity contribution in [3.8, 4) is 0 Å². The van der Waals surface area contributed by atoms with E-state index in [1.807, 2.05) is 6.20 Å². The van der Waals surface area contributed by atoms with Crippen molar-refractivity contribution in [3.63, 3.8) is 0 Å². The van der Waals surface area contributed by atoms with Gasteiger partial charge in [-0.2, -0.15) is 0 Å². The van der Waals surface area contributed by atoms with Crippen molar-refractivity contribution in [1.29, 1.82) is 0 Å². The zero-order chi connectivity index (χ0) is 11.6. The molecule has 2 rings (SSSR count). The van der Waals surface area contributed by atoms with E-state index >= 15 is 0 Å². The van der Waals surface area contributed by atoms with Gasteiger partial charge in [-0.15, -0.1) is 5.10 Å². The van der Waals surface area contributed by atoms with E-state index in [9.17, 15) is 0 Å². The maximum atomic E-state index is 5.44. The topological polar surface area (TPSA) is 68.8 Å². The molecule has 16 heavy (non-hydrogen) atoms. The first-order chi connectivity index (χ1) is 7.62. The highest BCUT2D eigenvalue weighted by atomic mass is 15.4. The van der Waals surface area contributed by atoms with E-state index in [4.69, 9.17) is 5.73 Å². The lowest BCUT2D eigenvalue weighted by Gasteiger charge is -2.03. The molecule has 1 aliphatic carbocycles. The van der Waals surface area contributed by atoms with E-state index in [0.717, 1.165) is 31.2 Å². The van der Waals surface area contributed by atoms with Crippen LogP contribution >= 0.6 is 0 Å². The van der Waals surface area contributed by atoms with Crippen LogP contribution in [0.5, 0.6) is 0 Å². The molecule has 0 bridgehead atoms. The summed E-state index contributed by atoms with van der Waals surface area (Å²) < 4.78 is 1.79. The Morgan fingerprint density at radius 1 is 1.62 bits per heavy atom. The molecule has 3 N–H and O–H groups in total. The molecule has 1 aromatic rings. The minimum atomic E-state index is 0.546. The first kappa shape index (κ1) is 11.5. The molecule has 0 spiro atoms. The van der Waals surface area contributed by atoms with Gasteiger partial charge < -0.3 is 11.1 Å². The quantitative estimate of drug-likeness (QED) is 0.731. The highest BCUT2D eigenvalue weighted by molar-refractivity contribution is 4.97. The fourth-order valence-corrected chi connectivity index (χ4v) is 1.96. The molecule has 0 radical (unpaired) electrons. The normalized spacial score (nSPS) is 22.3. The van der Waals surface area contributed by atoms with Gasteiger partial charge in [-0.3, -0.25) is 4.68 Å². The number of aromatic nitrogens is 3. The zero-order valence-corrected chi connectivity index (χ0v) is 10.1. The van der Waals surface area contributed by atoms with Crippen molar-refractivity contribution in [1.82, 2.24) is 20.3 Å². The number of nitrogens with two attached hydrogens (primary N) is 1. The molecule has 90 valence electrons. The Bertz CT molecular complexity index is 344. The Labute approximate surface area is 96.4 Å². The zero-order valence-electron chi connectivity index (χ0n) is 10.1. The molecule has 5 heteroatoms. The molecule has 1 aromatic heterocycles. The molecule has 1 saturated carbocycles. The van der Waals surface area contributed by atoms with Crippen molar-refractivity contribution in [2.24, 2.45) is 17.1 Å². The average molecular weight is 223 g/mol. The summed E-state index contributed by atoms with van der Waals surface area (Å²) in [4.78, 5) is 0. The van der Waals surface area contributed by atoms with Crippen LogP contribution in [0.25, 0.3) is 0 Å². The Hall–Kier alpha value is -0.940. The van der Waals surface area contributed by atoms with Crippen LogP contribution in [0.15, 0.2) is 6.20 Å². The fraction of sp³-hybridized carbons (Fsp3) is 0.818. The number of nitrogens with one attached hydrogen (secondary N) is 1. The first-order valence-electron chi connectivity index (χ1n) is 5.91. The maximum absolute atomic E-state index is 5.44. The molecular weight excluding hydrogens is 202 g/mol. The molecule has 1 heterocycles. The van der Waals surface area contributed by atoms with E-state index in [2.05, 4.69) is 29.5 Å². The Kier molecular flexibility index (Phi) is 3.25. The van der Waals surface area contributed by atoms with E-state index in [-0.39, 0.29) is 0 Å². The average Bonchev–Trinajstić information content (AvgIpc) is 2.63. The summed E-state index contributed by atoms with van der Waals surface area (Å²) >= 11 is 0. The van der Waals surface area contributed by atoms with Gasteiger partial charge in [0, 0.05) is 19.3 Å². The first-order valence-corrected chi connectivity index (χ1v) is 5.91. The summed E-state index contributed by atoms with van der Waals surface area (Å²) in [6.07, 6.45) is 3.29. The Morgan fingerprint density at radius 3 is 3.00 bits per heavy atom. The third kappa shape index (κ3) is 2.80. The highest BCUT2D eigenvalue weighted by Crippen LogP contribution is 2.50. The molecule has 1 unspecified atom stereocenters. The SMILES string of the molecule is CC1(C)CC1CNCc1cn(CCN)nn1. The van der Waals surface area contributed by atoms with E-state index in [0.29, 0.717) is 12.0 Å². The number of hydrogen-bond acceptors (Lipinski definition) is 4. The largest absolute Gasteiger partial charge is 0.329 e. The van der Waals surface area contributed by atoms with E-state index in [1.165, 1.54) is 6.42 Å². The molecule has 1 fully saturated rings. The third-order valence-corrected chi connectivity index (χ3v) is 3.36. The minimum absolute atomic E-state index is 0.546. The predicted octanol–water partition coefficient (Wildman–Crippen LogP) is 0.372. The number of rotatable bonds is 6. The molecular formula is C11H21N5. The second-order valence-corrected chi connectivity index (χ2v) is 5.28. The van der Waals surface area contributed by atoms with Gasteiger partial charge in [0.1, 0.15) is 0 Å². The second kappa shape index (κ2) is 4.51. The molecule has 5 nitrogen and oxygen atoms in total. The standard InChI is InChI=1S/C11H21N5/c1-11(2)5-9(11)6-13-7-10-8-16(4-3-12)15-14-10/h8-9,13H,3-7,12H2,1-2H3. The summed E-state index contributed by atoms with van der Waals surface area (Å²) in [7, 11) is 0. The lowest BCUT2D eigenvalue weighted by Crippen LogP contribution is -2.18. The van der Waals surface area contributed by atoms with Crippen molar-refractivity contribution >= 4 is 0 Å². The van der Waals surface area contributed by atoms with Gasteiger partial charge in [0.2, 0.25) is 0 Å². The van der Waals surface area contributed by atoms with Gasteiger partial charge in [0.25, 0.3) is 0 Å². The van der Waals surface area contributed by atoms with Crippen molar-refractivity contribution in [3.05, 3.63) is 11.9 Å². The summed E-state index contributed by atoms with van der Waals surface area (Å²) in [5.41, 5.74) is 6.98. The number of hydrogen-bond donors (Lipinski definition) is 2. The van der Waals surface area contributed by atoms with Crippen LogP contribution in [0.1, 0.15) is 26.0 Å². The summed E-state index contributed by atoms with van der Waals surface area (Å²) in [5.74, 6) is 0.826. The number of nitrogens with zero attached hydrogens (tertiary/aromatic N) is 3. The van der Waals surface area contributed by atoms with Crippen LogP contribution in [0.4, 0.5) is 0 Å². The van der Waals surface area contributed by atoms with Crippen LogP contribution in [-0.2, 0) is 13.1 Å². The fourth-order valence-electron chi connectivity index (χ4n) is 1.96. The summed E-state index contributed by atoms with van der Waals surface area (Å²) in [6, 6.07) is 0. The lowest BCUT2D eigenvalue weighted by atomic mass is 10.1. The van der Waals surface area contributed by atoms with E-state index in [1.54, 1.807) is 4.68 Å². The molecule has 1 aliphatic rings. The Morgan fingerprint density at radius 2 is 2.38 bits per heavy atom. The predicted molar refractivity (Wildman–Crippen MR) is 62.7 cm³/mol. The van der Waals surface area contributed by atoms with E-state index < -0.39 is 0 Å². The molecule has 0 aromatic carbocycles. The monoisotopic (exact) mass is 223 g/mol. The van der Waals surface area contributed by atoms with Crippen LogP contribution in [0, 0.1) is 11.3 Å². The van der Waals surface area contributed by atoms with Gasteiger partial charge in [-0.1, -0.05) is 19.1 Å². The van der Waals surface area contributed by atoms with Crippen LogP contribution < -0.4 is 11.1 Å². The van der Waals surface area contributed by atoms with Crippen molar-refractivity contribution < 1.29 is 0 Å². The van der Waals surface area contributed by atoms with Crippen LogP contribution in [-0.4, -0.2) is 28.1 Å². The lowest BCUT2D eigenvalue weighted by molar-refractivity contribution is 0.517. The molecule has 0 saturated heterocycles. The van der Waals surface area contributed by atoms with Crippen LogP contribution in [0.3, 0.4) is 0 Å². The van der Waals surface area contributed by atoms with Crippen molar-refractivity contribution in [2.75, 3.05) is 13.1 Å². The second-order valence-electron chi connectivity index (χ2n) is 5.28. The smallest absolute Gasteiger partial charge is 0.0964 e. The summed E-state index contributed by atoms with van der Waals surface area (Å²) in [5, 5.41) is 11.5. The van der Waals surface area contributed by atoms with Gasteiger partial charge in [-0.25, -0.2) is 0 Å². The van der Waals surface area contributed by atoms with Gasteiger partial charge in [0.15, 0.2) is 0 Å². The maximum Gasteiger partial charge on any atom is 0.0964 e. The minimum Gasteiger partial charge on any atom is -0.329 e. The van der Waals surface area contributed by atoms with Gasteiger partial charge >= 0.3 is 0 Å². The van der Waals surface area contributed by atoms with Gasteiger partial charge in [-0.05, 0) is 24.3 Å². The summed E-state index contributed by atoms with van der Waals surface area (Å²) in [6.45, 7) is 7.86. The highest BCUT2D eigenvalue weighted by Gasteiger charge is 2.44.